The van der Waals surface area contributed by atoms with Crippen LogP contribution in [0.25, 0.3) is 0 Å². The van der Waals surface area contributed by atoms with Crippen LogP contribution in [0.2, 0.25) is 0 Å². The Morgan fingerprint density at radius 3 is 2.23 bits per heavy atom. The Kier molecular flexibility index (Phi) is 7.67. The van der Waals surface area contributed by atoms with Crippen LogP contribution in [0.5, 0.6) is 0 Å². The van der Waals surface area contributed by atoms with Crippen molar-refractivity contribution in [1.82, 2.24) is 10.6 Å². The molecule has 3 N–H and O–H groups in total. The molecule has 0 aliphatic heterocycles. The molecular formula is C19H18F6N4O. The first kappa shape index (κ1) is 23.0. The second-order valence-corrected chi connectivity index (χ2v) is 6.01. The van der Waals surface area contributed by atoms with E-state index in [0.29, 0.717) is 18.2 Å². The molecule has 11 heteroatoms. The van der Waals surface area contributed by atoms with Gasteiger partial charge in [0, 0.05) is 6.54 Å². The minimum atomic E-state index is -4.43. The van der Waals surface area contributed by atoms with Crippen molar-refractivity contribution in [3.63, 3.8) is 0 Å². The molecule has 30 heavy (non-hydrogen) atoms. The van der Waals surface area contributed by atoms with Gasteiger partial charge in [-0.3, -0.25) is 4.79 Å². The van der Waals surface area contributed by atoms with Crippen LogP contribution in [0.15, 0.2) is 41.4 Å². The van der Waals surface area contributed by atoms with Gasteiger partial charge in [-0.2, -0.15) is 13.2 Å². The predicted molar refractivity (Wildman–Crippen MR) is 99.2 cm³/mol. The molecule has 0 atom stereocenters. The van der Waals surface area contributed by atoms with Gasteiger partial charge in [0.15, 0.2) is 23.4 Å². The lowest BCUT2D eigenvalue weighted by atomic mass is 10.1. The summed E-state index contributed by atoms with van der Waals surface area (Å²) in [5.74, 6) is -5.18. The van der Waals surface area contributed by atoms with Crippen LogP contribution in [0.4, 0.5) is 32.0 Å². The Bertz CT molecular complexity index is 912. The summed E-state index contributed by atoms with van der Waals surface area (Å²) in [7, 11) is 0. The highest BCUT2D eigenvalue weighted by Gasteiger charge is 2.29. The maximum Gasteiger partial charge on any atom is 0.416 e. The first-order valence-electron chi connectivity index (χ1n) is 8.73. The van der Waals surface area contributed by atoms with Crippen molar-refractivity contribution in [3.05, 3.63) is 65.0 Å². The SMILES string of the molecule is CCNC(=NCc1ccc(C(F)(F)F)cc1)NCC(=O)Nc1ccc(F)c(F)c1F. The number of nitrogens with zero attached hydrogens (tertiary/aromatic N) is 1. The molecule has 0 saturated carbocycles. The number of amides is 1. The fraction of sp³-hybridized carbons (Fsp3) is 0.263. The molecule has 0 aliphatic rings. The molecular weight excluding hydrogens is 414 g/mol. The maximum absolute atomic E-state index is 13.6. The molecule has 0 unspecified atom stereocenters. The fourth-order valence-electron chi connectivity index (χ4n) is 2.29. The van der Waals surface area contributed by atoms with E-state index in [-0.39, 0.29) is 19.0 Å². The number of benzene rings is 2. The minimum absolute atomic E-state index is 0.0346. The molecule has 2 aromatic carbocycles. The van der Waals surface area contributed by atoms with E-state index in [4.69, 9.17) is 0 Å². The Balaban J connectivity index is 1.96. The molecule has 1 amide bonds. The highest BCUT2D eigenvalue weighted by Crippen LogP contribution is 2.29. The number of alkyl halides is 3. The number of hydrogen-bond donors (Lipinski definition) is 3. The van der Waals surface area contributed by atoms with Gasteiger partial charge in [0.25, 0.3) is 0 Å². The number of halogens is 6. The van der Waals surface area contributed by atoms with Crippen LogP contribution in [-0.2, 0) is 17.5 Å². The largest absolute Gasteiger partial charge is 0.416 e. The van der Waals surface area contributed by atoms with E-state index in [1.54, 1.807) is 6.92 Å². The zero-order valence-electron chi connectivity index (χ0n) is 15.7. The highest BCUT2D eigenvalue weighted by molar-refractivity contribution is 5.95. The molecule has 0 heterocycles. The number of anilines is 1. The second-order valence-electron chi connectivity index (χ2n) is 6.01. The molecule has 2 rings (SSSR count). The molecule has 0 aromatic heterocycles. The van der Waals surface area contributed by atoms with Crippen LogP contribution in [0.3, 0.4) is 0 Å². The number of guanidine groups is 1. The summed E-state index contributed by atoms with van der Waals surface area (Å²) in [4.78, 5) is 16.1. The zero-order chi connectivity index (χ0) is 22.3. The van der Waals surface area contributed by atoms with Crippen LogP contribution in [0.1, 0.15) is 18.1 Å². The molecule has 0 fully saturated rings. The van der Waals surface area contributed by atoms with E-state index in [0.717, 1.165) is 18.2 Å². The minimum Gasteiger partial charge on any atom is -0.357 e. The average Bonchev–Trinajstić information content (AvgIpc) is 2.70. The van der Waals surface area contributed by atoms with Crippen LogP contribution >= 0.6 is 0 Å². The summed E-state index contributed by atoms with van der Waals surface area (Å²) in [6, 6.07) is 6.01. The van der Waals surface area contributed by atoms with E-state index in [2.05, 4.69) is 20.9 Å². The maximum atomic E-state index is 13.6. The third-order valence-corrected chi connectivity index (χ3v) is 3.77. The summed E-state index contributed by atoms with van der Waals surface area (Å²) >= 11 is 0. The van der Waals surface area contributed by atoms with Gasteiger partial charge in [-0.25, -0.2) is 18.2 Å². The second kappa shape index (κ2) is 9.99. The summed E-state index contributed by atoms with van der Waals surface area (Å²) in [5.41, 5.74) is -0.790. The first-order valence-corrected chi connectivity index (χ1v) is 8.73. The lowest BCUT2D eigenvalue weighted by molar-refractivity contribution is -0.137. The number of nitrogens with one attached hydrogen (secondary N) is 3. The summed E-state index contributed by atoms with van der Waals surface area (Å²) in [5, 5.41) is 7.58. The molecule has 0 aliphatic carbocycles. The number of carbonyl (C=O) groups is 1. The van der Waals surface area contributed by atoms with Crippen LogP contribution < -0.4 is 16.0 Å². The zero-order valence-corrected chi connectivity index (χ0v) is 15.7. The Morgan fingerprint density at radius 1 is 0.967 bits per heavy atom. The average molecular weight is 432 g/mol. The van der Waals surface area contributed by atoms with Crippen molar-refractivity contribution < 1.29 is 31.1 Å². The van der Waals surface area contributed by atoms with E-state index in [1.807, 2.05) is 0 Å². The van der Waals surface area contributed by atoms with E-state index < -0.39 is 40.8 Å². The number of rotatable bonds is 6. The standard InChI is InChI=1S/C19H18F6N4O/c1-2-26-18(27-9-11-3-5-12(6-4-11)19(23,24)25)28-10-15(30)29-14-8-7-13(20)16(21)17(14)22/h3-8H,2,9-10H2,1H3,(H,29,30)(H2,26,27,28). The smallest absolute Gasteiger partial charge is 0.357 e. The molecule has 5 nitrogen and oxygen atoms in total. The van der Waals surface area contributed by atoms with Crippen molar-refractivity contribution in [2.75, 3.05) is 18.4 Å². The lowest BCUT2D eigenvalue weighted by Gasteiger charge is -2.12. The van der Waals surface area contributed by atoms with Gasteiger partial charge < -0.3 is 16.0 Å². The fourth-order valence-corrected chi connectivity index (χ4v) is 2.29. The molecule has 0 saturated heterocycles. The molecule has 2 aromatic rings. The third kappa shape index (κ3) is 6.39. The number of aliphatic imine (C=N–C) groups is 1. The lowest BCUT2D eigenvalue weighted by Crippen LogP contribution is -2.41. The van der Waals surface area contributed by atoms with Crippen molar-refractivity contribution in [1.29, 1.82) is 0 Å². The molecule has 0 spiro atoms. The Morgan fingerprint density at radius 2 is 1.63 bits per heavy atom. The summed E-state index contributed by atoms with van der Waals surface area (Å²) in [6.07, 6.45) is -4.43. The molecule has 0 bridgehead atoms. The van der Waals surface area contributed by atoms with Crippen molar-refractivity contribution in [3.8, 4) is 0 Å². The summed E-state index contributed by atoms with van der Waals surface area (Å²) < 4.78 is 77.5. The van der Waals surface area contributed by atoms with Crippen LogP contribution in [0, 0.1) is 17.5 Å². The molecule has 162 valence electrons. The van der Waals surface area contributed by atoms with E-state index in [1.165, 1.54) is 12.1 Å². The van der Waals surface area contributed by atoms with Crippen molar-refractivity contribution in [2.45, 2.75) is 19.6 Å². The topological polar surface area (TPSA) is 65.5 Å². The van der Waals surface area contributed by atoms with Gasteiger partial charge in [-0.05, 0) is 36.8 Å². The quantitative estimate of drug-likeness (QED) is 0.282. The monoisotopic (exact) mass is 432 g/mol. The van der Waals surface area contributed by atoms with Gasteiger partial charge >= 0.3 is 6.18 Å². The number of carbonyl (C=O) groups excluding carboxylic acids is 1. The third-order valence-electron chi connectivity index (χ3n) is 3.77. The first-order chi connectivity index (χ1) is 14.1. The van der Waals surface area contributed by atoms with Crippen molar-refractivity contribution >= 4 is 17.6 Å². The van der Waals surface area contributed by atoms with E-state index >= 15 is 0 Å². The van der Waals surface area contributed by atoms with Crippen molar-refractivity contribution in [2.24, 2.45) is 4.99 Å². The molecule has 0 radical (unpaired) electrons. The summed E-state index contributed by atoms with van der Waals surface area (Å²) in [6.45, 7) is 1.84. The van der Waals surface area contributed by atoms with Gasteiger partial charge in [0.2, 0.25) is 5.91 Å². The van der Waals surface area contributed by atoms with Gasteiger partial charge in [0.1, 0.15) is 0 Å². The highest BCUT2D eigenvalue weighted by atomic mass is 19.4. The van der Waals surface area contributed by atoms with Crippen LogP contribution in [-0.4, -0.2) is 25.0 Å². The van der Waals surface area contributed by atoms with Gasteiger partial charge in [-0.15, -0.1) is 0 Å². The number of hydrogen-bond acceptors (Lipinski definition) is 2. The van der Waals surface area contributed by atoms with Gasteiger partial charge in [0.05, 0.1) is 24.3 Å². The predicted octanol–water partition coefficient (Wildman–Crippen LogP) is 3.82. The normalized spacial score (nSPS) is 11.9. The Labute approximate surface area is 168 Å². The van der Waals surface area contributed by atoms with Gasteiger partial charge in [-0.1, -0.05) is 12.1 Å². The van der Waals surface area contributed by atoms with E-state index in [9.17, 15) is 31.1 Å². The Hall–Kier alpha value is -3.24.